The lowest BCUT2D eigenvalue weighted by molar-refractivity contribution is 0.502. The molecule has 0 aliphatic carbocycles. The summed E-state index contributed by atoms with van der Waals surface area (Å²) in [6.45, 7) is 2.14. The first-order chi connectivity index (χ1) is 12.4. The maximum absolute atomic E-state index is 12.2. The minimum absolute atomic E-state index is 0.0675. The number of rotatable bonds is 7. The lowest BCUT2D eigenvalue weighted by Crippen LogP contribution is -2.27. The van der Waals surface area contributed by atoms with Crippen molar-refractivity contribution in [1.82, 2.24) is 14.9 Å². The van der Waals surface area contributed by atoms with E-state index in [-0.39, 0.29) is 12.3 Å². The van der Waals surface area contributed by atoms with Crippen molar-refractivity contribution >= 4 is 21.6 Å². The normalized spacial score (nSPS) is 11.6. The molecule has 0 aliphatic heterocycles. The molecule has 1 N–H and O–H groups in total. The van der Waals surface area contributed by atoms with Crippen LogP contribution in [0.15, 0.2) is 52.9 Å². The van der Waals surface area contributed by atoms with Crippen molar-refractivity contribution in [2.75, 3.05) is 6.54 Å². The number of halogens is 1. The van der Waals surface area contributed by atoms with Crippen LogP contribution in [0.25, 0.3) is 11.5 Å². The van der Waals surface area contributed by atoms with E-state index in [1.807, 2.05) is 43.3 Å². The van der Waals surface area contributed by atoms with E-state index in [2.05, 4.69) is 14.9 Å². The monoisotopic (exact) mass is 391 g/mol. The summed E-state index contributed by atoms with van der Waals surface area (Å²) in [5, 5.41) is 8.41. The van der Waals surface area contributed by atoms with E-state index in [1.54, 1.807) is 12.1 Å². The van der Waals surface area contributed by atoms with Crippen molar-refractivity contribution in [2.45, 2.75) is 19.1 Å². The van der Waals surface area contributed by atoms with Gasteiger partial charge in [-0.3, -0.25) is 0 Å². The minimum Gasteiger partial charge on any atom is -0.421 e. The van der Waals surface area contributed by atoms with Crippen molar-refractivity contribution < 1.29 is 12.8 Å². The van der Waals surface area contributed by atoms with Crippen LogP contribution in [-0.2, 0) is 22.2 Å². The van der Waals surface area contributed by atoms with Gasteiger partial charge in [0.05, 0.1) is 16.3 Å². The maximum atomic E-state index is 12.2. The van der Waals surface area contributed by atoms with Gasteiger partial charge in [0.1, 0.15) is 0 Å². The second kappa shape index (κ2) is 7.99. The highest BCUT2D eigenvalue weighted by molar-refractivity contribution is 7.88. The topological polar surface area (TPSA) is 85.1 Å². The molecule has 0 aliphatic rings. The van der Waals surface area contributed by atoms with Gasteiger partial charge in [0.25, 0.3) is 0 Å². The number of nitrogens with zero attached hydrogens (tertiary/aromatic N) is 2. The van der Waals surface area contributed by atoms with E-state index in [9.17, 15) is 8.42 Å². The Morgan fingerprint density at radius 1 is 1.08 bits per heavy atom. The molecule has 0 saturated carbocycles. The first-order valence-corrected chi connectivity index (χ1v) is 10.1. The van der Waals surface area contributed by atoms with Crippen molar-refractivity contribution in [2.24, 2.45) is 0 Å². The number of nitrogens with one attached hydrogen (secondary N) is 1. The molecule has 3 rings (SSSR count). The molecule has 8 heteroatoms. The summed E-state index contributed by atoms with van der Waals surface area (Å²) < 4.78 is 32.4. The zero-order chi connectivity index (χ0) is 18.6. The number of aromatic nitrogens is 2. The summed E-state index contributed by atoms with van der Waals surface area (Å²) in [5.41, 5.74) is 2.47. The molecule has 1 heterocycles. The van der Waals surface area contributed by atoms with Crippen LogP contribution in [0.5, 0.6) is 0 Å². The molecule has 6 nitrogen and oxygen atoms in total. The van der Waals surface area contributed by atoms with Gasteiger partial charge in [-0.2, -0.15) is 0 Å². The predicted molar refractivity (Wildman–Crippen MR) is 100 cm³/mol. The van der Waals surface area contributed by atoms with E-state index in [4.69, 9.17) is 16.0 Å². The van der Waals surface area contributed by atoms with Crippen LogP contribution in [-0.4, -0.2) is 25.2 Å². The number of hydrogen-bond acceptors (Lipinski definition) is 5. The highest BCUT2D eigenvalue weighted by atomic mass is 35.5. The predicted octanol–water partition coefficient (Wildman–Crippen LogP) is 3.36. The zero-order valence-corrected chi connectivity index (χ0v) is 15.7. The molecule has 0 spiro atoms. The van der Waals surface area contributed by atoms with Crippen molar-refractivity contribution in [1.29, 1.82) is 0 Å². The molecule has 0 fully saturated rings. The Kier molecular flexibility index (Phi) is 5.70. The highest BCUT2D eigenvalue weighted by Crippen LogP contribution is 2.26. The molecule has 0 radical (unpaired) electrons. The molecule has 0 saturated heterocycles. The summed E-state index contributed by atoms with van der Waals surface area (Å²) in [7, 11) is -3.43. The molecular formula is C18H18ClN3O3S. The van der Waals surface area contributed by atoms with Gasteiger partial charge in [0, 0.05) is 13.0 Å². The fourth-order valence-corrected chi connectivity index (χ4v) is 3.73. The summed E-state index contributed by atoms with van der Waals surface area (Å²) in [4.78, 5) is 0. The Bertz CT molecular complexity index is 985. The molecular weight excluding hydrogens is 374 g/mol. The summed E-state index contributed by atoms with van der Waals surface area (Å²) in [6, 6.07) is 14.5. The Labute approximate surface area is 157 Å². The third kappa shape index (κ3) is 4.91. The molecule has 136 valence electrons. The molecule has 26 heavy (non-hydrogen) atoms. The van der Waals surface area contributed by atoms with Crippen LogP contribution in [0.2, 0.25) is 5.02 Å². The first kappa shape index (κ1) is 18.6. The largest absolute Gasteiger partial charge is 0.421 e. The fourth-order valence-electron chi connectivity index (χ4n) is 2.37. The quantitative estimate of drug-likeness (QED) is 0.667. The van der Waals surface area contributed by atoms with E-state index >= 15 is 0 Å². The summed E-state index contributed by atoms with van der Waals surface area (Å²) in [6.07, 6.45) is 0.296. The Balaban J connectivity index is 1.56. The lowest BCUT2D eigenvalue weighted by Gasteiger charge is -2.06. The molecule has 2 aromatic carbocycles. The van der Waals surface area contributed by atoms with Crippen molar-refractivity contribution in [3.05, 3.63) is 70.6 Å². The molecule has 0 atom stereocenters. The molecule has 0 unspecified atom stereocenters. The van der Waals surface area contributed by atoms with Gasteiger partial charge in [-0.1, -0.05) is 53.6 Å². The molecule has 3 aromatic rings. The third-order valence-electron chi connectivity index (χ3n) is 3.71. The number of sulfonamides is 1. The van der Waals surface area contributed by atoms with Gasteiger partial charge >= 0.3 is 0 Å². The van der Waals surface area contributed by atoms with Crippen LogP contribution in [0, 0.1) is 6.92 Å². The minimum atomic E-state index is -3.43. The van der Waals surface area contributed by atoms with E-state index in [1.165, 1.54) is 0 Å². The van der Waals surface area contributed by atoms with Crippen molar-refractivity contribution in [3.63, 3.8) is 0 Å². The fraction of sp³-hybridized carbons (Fsp3) is 0.222. The van der Waals surface area contributed by atoms with Crippen LogP contribution >= 0.6 is 11.6 Å². The van der Waals surface area contributed by atoms with Gasteiger partial charge in [0.2, 0.25) is 21.8 Å². The molecule has 1 aromatic heterocycles. The second-order valence-electron chi connectivity index (χ2n) is 5.87. The smallest absolute Gasteiger partial charge is 0.249 e. The Morgan fingerprint density at radius 2 is 1.81 bits per heavy atom. The van der Waals surface area contributed by atoms with Gasteiger partial charge in [-0.05, 0) is 24.6 Å². The highest BCUT2D eigenvalue weighted by Gasteiger charge is 2.14. The van der Waals surface area contributed by atoms with Crippen LogP contribution < -0.4 is 4.72 Å². The standard InChI is InChI=1S/C18H18ClN3O3S/c1-13-6-8-14(9-7-13)12-26(23,24)20-11-10-17-21-22-18(25-17)15-4-2-3-5-16(15)19/h2-9,20H,10-12H2,1H3. The summed E-state index contributed by atoms with van der Waals surface area (Å²) >= 11 is 6.10. The van der Waals surface area contributed by atoms with E-state index in [0.29, 0.717) is 28.8 Å². The van der Waals surface area contributed by atoms with Gasteiger partial charge < -0.3 is 4.42 Å². The van der Waals surface area contributed by atoms with E-state index < -0.39 is 10.0 Å². The number of hydrogen-bond donors (Lipinski definition) is 1. The van der Waals surface area contributed by atoms with Gasteiger partial charge in [0.15, 0.2) is 0 Å². The average Bonchev–Trinajstić information content (AvgIpc) is 3.05. The average molecular weight is 392 g/mol. The third-order valence-corrected chi connectivity index (χ3v) is 5.40. The number of benzene rings is 2. The molecule has 0 amide bonds. The summed E-state index contributed by atoms with van der Waals surface area (Å²) in [5.74, 6) is 0.591. The van der Waals surface area contributed by atoms with Gasteiger partial charge in [-0.25, -0.2) is 13.1 Å². The number of aryl methyl sites for hydroxylation is 1. The van der Waals surface area contributed by atoms with Crippen molar-refractivity contribution in [3.8, 4) is 11.5 Å². The van der Waals surface area contributed by atoms with Gasteiger partial charge in [-0.15, -0.1) is 10.2 Å². The first-order valence-electron chi connectivity index (χ1n) is 8.03. The molecule has 0 bridgehead atoms. The van der Waals surface area contributed by atoms with E-state index in [0.717, 1.165) is 11.1 Å². The van der Waals surface area contributed by atoms with Crippen LogP contribution in [0.1, 0.15) is 17.0 Å². The zero-order valence-electron chi connectivity index (χ0n) is 14.1. The Morgan fingerprint density at radius 3 is 2.54 bits per heavy atom. The lowest BCUT2D eigenvalue weighted by atomic mass is 10.2. The maximum Gasteiger partial charge on any atom is 0.249 e. The van der Waals surface area contributed by atoms with Crippen LogP contribution in [0.4, 0.5) is 0 Å². The Hall–Kier alpha value is -2.22. The SMILES string of the molecule is Cc1ccc(CS(=O)(=O)NCCc2nnc(-c3ccccc3Cl)o2)cc1. The second-order valence-corrected chi connectivity index (χ2v) is 8.08. The van der Waals surface area contributed by atoms with Crippen LogP contribution in [0.3, 0.4) is 0 Å².